The number of nitrogens with two attached hydrogens (primary N) is 1. The van der Waals surface area contributed by atoms with Gasteiger partial charge in [0.2, 0.25) is 0 Å². The highest BCUT2D eigenvalue weighted by Gasteiger charge is 2.15. The average Bonchev–Trinajstić information content (AvgIpc) is 2.86. The number of fused-ring (bicyclic) bond motifs is 1. The summed E-state index contributed by atoms with van der Waals surface area (Å²) in [5.41, 5.74) is 10.9. The Kier molecular flexibility index (Phi) is 3.69. The fourth-order valence-corrected chi connectivity index (χ4v) is 3.06. The van der Waals surface area contributed by atoms with Gasteiger partial charge < -0.3 is 14.9 Å². The van der Waals surface area contributed by atoms with Crippen molar-refractivity contribution in [2.45, 2.75) is 13.5 Å². The normalized spacial score (nSPS) is 11.0. The number of rotatable bonds is 3. The molecule has 2 aromatic heterocycles. The molecule has 1 aromatic carbocycles. The molecular weight excluding hydrogens is 330 g/mol. The molecule has 108 valence electrons. The van der Waals surface area contributed by atoms with Crippen LogP contribution in [0.1, 0.15) is 11.3 Å². The largest absolute Gasteiger partial charge is 0.497 e. The first-order valence-corrected chi connectivity index (χ1v) is 7.45. The molecular formula is C16H16BrN3O. The summed E-state index contributed by atoms with van der Waals surface area (Å²) in [6.45, 7) is 2.46. The summed E-state index contributed by atoms with van der Waals surface area (Å²) in [6.07, 6.45) is 2.00. The van der Waals surface area contributed by atoms with E-state index in [4.69, 9.17) is 15.5 Å². The Bertz CT molecular complexity index is 811. The van der Waals surface area contributed by atoms with E-state index < -0.39 is 0 Å². The minimum atomic E-state index is 0.420. The molecule has 4 nitrogen and oxygen atoms in total. The van der Waals surface area contributed by atoms with Crippen LogP contribution < -0.4 is 10.5 Å². The molecule has 0 aliphatic rings. The van der Waals surface area contributed by atoms with Gasteiger partial charge in [-0.15, -0.1) is 0 Å². The standard InChI is InChI=1S/C16H16BrN3O/c1-10-6-12(17)9-20-14(8-18)15(19-16(10)20)11-4-3-5-13(7-11)21-2/h3-7,9H,8,18H2,1-2H3. The number of imidazole rings is 1. The van der Waals surface area contributed by atoms with Gasteiger partial charge in [-0.3, -0.25) is 0 Å². The lowest BCUT2D eigenvalue weighted by Crippen LogP contribution is -2.03. The van der Waals surface area contributed by atoms with Crippen LogP contribution >= 0.6 is 15.9 Å². The third-order valence-electron chi connectivity index (χ3n) is 3.51. The molecule has 0 aliphatic carbocycles. The van der Waals surface area contributed by atoms with Gasteiger partial charge in [0, 0.05) is 22.8 Å². The summed E-state index contributed by atoms with van der Waals surface area (Å²) in [5.74, 6) is 0.811. The molecule has 0 bridgehead atoms. The molecule has 5 heteroatoms. The van der Waals surface area contributed by atoms with E-state index in [1.165, 1.54) is 0 Å². The van der Waals surface area contributed by atoms with Crippen LogP contribution in [0.4, 0.5) is 0 Å². The van der Waals surface area contributed by atoms with Crippen molar-refractivity contribution in [1.29, 1.82) is 0 Å². The Labute approximate surface area is 131 Å². The van der Waals surface area contributed by atoms with Gasteiger partial charge in [0.15, 0.2) is 0 Å². The van der Waals surface area contributed by atoms with Crippen molar-refractivity contribution in [3.8, 4) is 17.0 Å². The van der Waals surface area contributed by atoms with Gasteiger partial charge in [0.05, 0.1) is 18.5 Å². The van der Waals surface area contributed by atoms with Crippen molar-refractivity contribution in [1.82, 2.24) is 9.38 Å². The summed E-state index contributed by atoms with van der Waals surface area (Å²) in [7, 11) is 1.66. The number of ether oxygens (including phenoxy) is 1. The molecule has 2 heterocycles. The van der Waals surface area contributed by atoms with Gasteiger partial charge in [0.1, 0.15) is 11.4 Å². The lowest BCUT2D eigenvalue weighted by atomic mass is 10.1. The van der Waals surface area contributed by atoms with Crippen LogP contribution in [0.5, 0.6) is 5.75 Å². The molecule has 3 rings (SSSR count). The topological polar surface area (TPSA) is 52.5 Å². The molecule has 0 fully saturated rings. The zero-order valence-corrected chi connectivity index (χ0v) is 13.5. The molecule has 0 saturated heterocycles. The second-order valence-corrected chi connectivity index (χ2v) is 5.79. The third kappa shape index (κ3) is 2.43. The Balaban J connectivity index is 2.29. The minimum Gasteiger partial charge on any atom is -0.497 e. The van der Waals surface area contributed by atoms with E-state index >= 15 is 0 Å². The van der Waals surface area contributed by atoms with Crippen molar-refractivity contribution in [3.05, 3.63) is 52.3 Å². The second-order valence-electron chi connectivity index (χ2n) is 4.88. The number of aromatic nitrogens is 2. The smallest absolute Gasteiger partial charge is 0.140 e. The first kappa shape index (κ1) is 14.1. The van der Waals surface area contributed by atoms with E-state index in [0.717, 1.165) is 38.4 Å². The number of pyridine rings is 1. The van der Waals surface area contributed by atoms with Crippen LogP contribution in [0.15, 0.2) is 41.0 Å². The molecule has 0 saturated carbocycles. The number of aryl methyl sites for hydroxylation is 1. The number of nitrogens with zero attached hydrogens (tertiary/aromatic N) is 2. The zero-order valence-electron chi connectivity index (χ0n) is 11.9. The van der Waals surface area contributed by atoms with Crippen molar-refractivity contribution < 1.29 is 4.74 Å². The highest BCUT2D eigenvalue weighted by Crippen LogP contribution is 2.29. The predicted octanol–water partition coefficient (Wildman–Crippen LogP) is 3.54. The van der Waals surface area contributed by atoms with E-state index in [0.29, 0.717) is 6.54 Å². The summed E-state index contributed by atoms with van der Waals surface area (Å²) < 4.78 is 8.35. The van der Waals surface area contributed by atoms with Crippen LogP contribution in [0, 0.1) is 6.92 Å². The maximum Gasteiger partial charge on any atom is 0.140 e. The van der Waals surface area contributed by atoms with Crippen LogP contribution in [-0.4, -0.2) is 16.5 Å². The summed E-state index contributed by atoms with van der Waals surface area (Å²) in [4.78, 5) is 4.78. The Hall–Kier alpha value is -1.85. The van der Waals surface area contributed by atoms with E-state index in [1.807, 2.05) is 41.8 Å². The summed E-state index contributed by atoms with van der Waals surface area (Å²) in [6, 6.07) is 9.93. The number of hydrogen-bond donors (Lipinski definition) is 1. The van der Waals surface area contributed by atoms with E-state index in [2.05, 4.69) is 22.0 Å². The molecule has 0 radical (unpaired) electrons. The molecule has 2 N–H and O–H groups in total. The fourth-order valence-electron chi connectivity index (χ4n) is 2.51. The van der Waals surface area contributed by atoms with Gasteiger partial charge in [-0.25, -0.2) is 4.98 Å². The molecule has 0 atom stereocenters. The Morgan fingerprint density at radius 2 is 2.14 bits per heavy atom. The van der Waals surface area contributed by atoms with Gasteiger partial charge in [-0.05, 0) is 46.6 Å². The van der Waals surface area contributed by atoms with Crippen LogP contribution in [0.3, 0.4) is 0 Å². The molecule has 0 spiro atoms. The summed E-state index contributed by atoms with van der Waals surface area (Å²) in [5, 5.41) is 0. The lowest BCUT2D eigenvalue weighted by Gasteiger charge is -2.05. The van der Waals surface area contributed by atoms with Crippen LogP contribution in [-0.2, 0) is 6.54 Å². The number of hydrogen-bond acceptors (Lipinski definition) is 3. The molecule has 0 amide bonds. The zero-order chi connectivity index (χ0) is 15.0. The maximum atomic E-state index is 5.96. The van der Waals surface area contributed by atoms with Crippen molar-refractivity contribution >= 4 is 21.6 Å². The lowest BCUT2D eigenvalue weighted by molar-refractivity contribution is 0.415. The Morgan fingerprint density at radius 1 is 1.33 bits per heavy atom. The molecule has 0 unspecified atom stereocenters. The van der Waals surface area contributed by atoms with Gasteiger partial charge in [-0.1, -0.05) is 12.1 Å². The third-order valence-corrected chi connectivity index (χ3v) is 3.94. The number of halogens is 1. The second kappa shape index (κ2) is 5.50. The number of methoxy groups -OCH3 is 1. The molecule has 0 aliphatic heterocycles. The average molecular weight is 346 g/mol. The highest BCUT2D eigenvalue weighted by atomic mass is 79.9. The minimum absolute atomic E-state index is 0.420. The van der Waals surface area contributed by atoms with Crippen LogP contribution in [0.2, 0.25) is 0 Å². The quantitative estimate of drug-likeness (QED) is 0.789. The van der Waals surface area contributed by atoms with Gasteiger partial charge in [0.25, 0.3) is 0 Å². The predicted molar refractivity (Wildman–Crippen MR) is 87.5 cm³/mol. The Morgan fingerprint density at radius 3 is 2.86 bits per heavy atom. The highest BCUT2D eigenvalue weighted by molar-refractivity contribution is 9.10. The van der Waals surface area contributed by atoms with Crippen molar-refractivity contribution in [3.63, 3.8) is 0 Å². The molecule has 21 heavy (non-hydrogen) atoms. The number of benzene rings is 1. The molecule has 3 aromatic rings. The van der Waals surface area contributed by atoms with E-state index in [9.17, 15) is 0 Å². The SMILES string of the molecule is COc1cccc(-c2nc3c(C)cc(Br)cn3c2CN)c1. The first-order valence-electron chi connectivity index (χ1n) is 6.65. The van der Waals surface area contributed by atoms with Crippen LogP contribution in [0.25, 0.3) is 16.9 Å². The van der Waals surface area contributed by atoms with E-state index in [1.54, 1.807) is 7.11 Å². The summed E-state index contributed by atoms with van der Waals surface area (Å²) >= 11 is 3.53. The first-order chi connectivity index (χ1) is 10.1. The van der Waals surface area contributed by atoms with Gasteiger partial charge >= 0.3 is 0 Å². The monoisotopic (exact) mass is 345 g/mol. The van der Waals surface area contributed by atoms with Gasteiger partial charge in [-0.2, -0.15) is 0 Å². The van der Waals surface area contributed by atoms with Crippen molar-refractivity contribution in [2.75, 3.05) is 7.11 Å². The fraction of sp³-hybridized carbons (Fsp3) is 0.188. The maximum absolute atomic E-state index is 5.96. The van der Waals surface area contributed by atoms with Crippen molar-refractivity contribution in [2.24, 2.45) is 5.73 Å². The van der Waals surface area contributed by atoms with E-state index in [-0.39, 0.29) is 0 Å².